The van der Waals surface area contributed by atoms with Crippen molar-refractivity contribution in [3.63, 3.8) is 0 Å². The van der Waals surface area contributed by atoms with Crippen molar-refractivity contribution < 1.29 is 15.1 Å². The van der Waals surface area contributed by atoms with Gasteiger partial charge in [-0.15, -0.1) is 0 Å². The van der Waals surface area contributed by atoms with Gasteiger partial charge in [0, 0.05) is 18.5 Å². The summed E-state index contributed by atoms with van der Waals surface area (Å²) in [6, 6.07) is 0.00948. The van der Waals surface area contributed by atoms with E-state index in [2.05, 4.69) is 5.16 Å². The van der Waals surface area contributed by atoms with Gasteiger partial charge >= 0.3 is 6.09 Å². The van der Waals surface area contributed by atoms with Crippen LogP contribution in [0.1, 0.15) is 19.8 Å². The Morgan fingerprint density at radius 1 is 1.57 bits per heavy atom. The summed E-state index contributed by atoms with van der Waals surface area (Å²) in [6.07, 6.45) is 0.557. The Labute approximate surface area is 82.0 Å². The van der Waals surface area contributed by atoms with E-state index in [4.69, 9.17) is 16.0 Å². The molecular formula is C8H15N3O3. The number of carbonyl (C=O) groups is 1. The smallest absolute Gasteiger partial charge is 0.407 e. The monoisotopic (exact) mass is 201 g/mol. The summed E-state index contributed by atoms with van der Waals surface area (Å²) < 4.78 is 0. The van der Waals surface area contributed by atoms with Crippen molar-refractivity contribution in [2.24, 2.45) is 16.8 Å². The number of nitrogens with two attached hydrogens (primary N) is 1. The molecule has 2 atom stereocenters. The van der Waals surface area contributed by atoms with E-state index in [1.54, 1.807) is 0 Å². The van der Waals surface area contributed by atoms with Gasteiger partial charge in [-0.1, -0.05) is 5.16 Å². The third-order valence-corrected chi connectivity index (χ3v) is 2.66. The fourth-order valence-electron chi connectivity index (χ4n) is 1.70. The second kappa shape index (κ2) is 4.17. The van der Waals surface area contributed by atoms with Gasteiger partial charge in [0.15, 0.2) is 0 Å². The molecule has 1 saturated heterocycles. The molecule has 80 valence electrons. The maximum absolute atomic E-state index is 10.8. The van der Waals surface area contributed by atoms with Crippen LogP contribution in [-0.4, -0.2) is 39.7 Å². The Hall–Kier alpha value is -1.46. The van der Waals surface area contributed by atoms with Gasteiger partial charge < -0.3 is 20.9 Å². The SMILES string of the molecule is C[C@@H]1CC[C@H](/C(N)=N\O)CN1C(=O)O. The molecule has 1 aliphatic heterocycles. The van der Waals surface area contributed by atoms with Crippen molar-refractivity contribution in [1.82, 2.24) is 4.90 Å². The van der Waals surface area contributed by atoms with Crippen LogP contribution < -0.4 is 5.73 Å². The quantitative estimate of drug-likeness (QED) is 0.249. The summed E-state index contributed by atoms with van der Waals surface area (Å²) in [4.78, 5) is 12.1. The van der Waals surface area contributed by atoms with Crippen molar-refractivity contribution in [2.75, 3.05) is 6.54 Å². The normalized spacial score (nSPS) is 28.9. The molecule has 0 aromatic carbocycles. The van der Waals surface area contributed by atoms with Crippen LogP contribution in [0.2, 0.25) is 0 Å². The predicted octanol–water partition coefficient (Wildman–Crippen LogP) is 0.511. The highest BCUT2D eigenvalue weighted by molar-refractivity contribution is 5.83. The zero-order valence-electron chi connectivity index (χ0n) is 8.05. The first-order valence-corrected chi connectivity index (χ1v) is 4.53. The molecule has 0 aliphatic carbocycles. The zero-order chi connectivity index (χ0) is 10.7. The lowest BCUT2D eigenvalue weighted by Gasteiger charge is -2.35. The topological polar surface area (TPSA) is 99.2 Å². The summed E-state index contributed by atoms with van der Waals surface area (Å²) in [5, 5.41) is 20.2. The number of piperidine rings is 1. The Morgan fingerprint density at radius 2 is 2.21 bits per heavy atom. The molecule has 0 saturated carbocycles. The van der Waals surface area contributed by atoms with E-state index in [-0.39, 0.29) is 17.8 Å². The van der Waals surface area contributed by atoms with Crippen molar-refractivity contribution in [2.45, 2.75) is 25.8 Å². The number of nitrogens with zero attached hydrogens (tertiary/aromatic N) is 2. The Bertz CT molecular complexity index is 254. The number of amides is 1. The van der Waals surface area contributed by atoms with Crippen molar-refractivity contribution in [3.8, 4) is 0 Å². The van der Waals surface area contributed by atoms with E-state index >= 15 is 0 Å². The molecule has 4 N–H and O–H groups in total. The summed E-state index contributed by atoms with van der Waals surface area (Å²) in [5.74, 6) is -0.0459. The fourth-order valence-corrected chi connectivity index (χ4v) is 1.70. The lowest BCUT2D eigenvalue weighted by molar-refractivity contribution is 0.103. The third-order valence-electron chi connectivity index (χ3n) is 2.66. The first kappa shape index (κ1) is 10.6. The maximum Gasteiger partial charge on any atom is 0.407 e. The molecule has 0 radical (unpaired) electrons. The lowest BCUT2D eigenvalue weighted by atomic mass is 9.93. The highest BCUT2D eigenvalue weighted by Gasteiger charge is 2.30. The molecule has 1 heterocycles. The number of likely N-dealkylation sites (tertiary alicyclic amines) is 1. The molecule has 14 heavy (non-hydrogen) atoms. The number of oxime groups is 1. The third kappa shape index (κ3) is 2.07. The van der Waals surface area contributed by atoms with Crippen LogP contribution in [0.25, 0.3) is 0 Å². The molecule has 0 aromatic heterocycles. The van der Waals surface area contributed by atoms with Gasteiger partial charge in [-0.2, -0.15) is 0 Å². The average molecular weight is 201 g/mol. The number of amidine groups is 1. The molecule has 1 fully saturated rings. The van der Waals surface area contributed by atoms with Gasteiger partial charge in [0.1, 0.15) is 5.84 Å². The van der Waals surface area contributed by atoms with E-state index in [0.717, 1.165) is 12.8 Å². The van der Waals surface area contributed by atoms with Crippen LogP contribution in [0, 0.1) is 5.92 Å². The first-order chi connectivity index (χ1) is 6.56. The molecule has 0 bridgehead atoms. The van der Waals surface area contributed by atoms with Crippen LogP contribution in [0.4, 0.5) is 4.79 Å². The van der Waals surface area contributed by atoms with Crippen LogP contribution in [0.5, 0.6) is 0 Å². The number of hydrogen-bond donors (Lipinski definition) is 3. The molecule has 1 aliphatic rings. The van der Waals surface area contributed by atoms with Crippen molar-refractivity contribution >= 4 is 11.9 Å². The fraction of sp³-hybridized carbons (Fsp3) is 0.750. The van der Waals surface area contributed by atoms with Gasteiger partial charge in [0.25, 0.3) is 0 Å². The Morgan fingerprint density at radius 3 is 2.71 bits per heavy atom. The largest absolute Gasteiger partial charge is 0.465 e. The minimum atomic E-state index is -0.951. The maximum atomic E-state index is 10.8. The highest BCUT2D eigenvalue weighted by Crippen LogP contribution is 2.21. The summed E-state index contributed by atoms with van der Waals surface area (Å²) in [6.45, 7) is 2.17. The minimum Gasteiger partial charge on any atom is -0.465 e. The van der Waals surface area contributed by atoms with Gasteiger partial charge in [-0.3, -0.25) is 0 Å². The molecule has 6 heteroatoms. The highest BCUT2D eigenvalue weighted by atomic mass is 16.4. The molecule has 1 rings (SSSR count). The van der Waals surface area contributed by atoms with Crippen LogP contribution in [0.3, 0.4) is 0 Å². The molecular weight excluding hydrogens is 186 g/mol. The summed E-state index contributed by atoms with van der Waals surface area (Å²) in [7, 11) is 0. The molecule has 0 unspecified atom stereocenters. The average Bonchev–Trinajstić information content (AvgIpc) is 2.17. The number of rotatable bonds is 1. The van der Waals surface area contributed by atoms with Crippen molar-refractivity contribution in [3.05, 3.63) is 0 Å². The molecule has 6 nitrogen and oxygen atoms in total. The van der Waals surface area contributed by atoms with Crippen LogP contribution in [-0.2, 0) is 0 Å². The second-order valence-electron chi connectivity index (χ2n) is 3.58. The zero-order valence-corrected chi connectivity index (χ0v) is 8.05. The van der Waals surface area contributed by atoms with E-state index in [9.17, 15) is 4.79 Å². The standard InChI is InChI=1S/C8H15N3O3/c1-5-2-3-6(7(9)10-14)4-11(5)8(12)13/h5-6,14H,2-4H2,1H3,(H2,9,10)(H,12,13)/t5-,6+/m1/s1. The van der Waals surface area contributed by atoms with Gasteiger partial charge in [0.2, 0.25) is 0 Å². The van der Waals surface area contributed by atoms with Crippen molar-refractivity contribution in [1.29, 1.82) is 0 Å². The first-order valence-electron chi connectivity index (χ1n) is 4.53. The summed E-state index contributed by atoms with van der Waals surface area (Å²) >= 11 is 0. The Kier molecular flexibility index (Phi) is 3.16. The van der Waals surface area contributed by atoms with Crippen LogP contribution in [0.15, 0.2) is 5.16 Å². The van der Waals surface area contributed by atoms with Gasteiger partial charge in [0.05, 0.1) is 0 Å². The number of carboxylic acid groups (broad SMARTS) is 1. The lowest BCUT2D eigenvalue weighted by Crippen LogP contribution is -2.48. The second-order valence-corrected chi connectivity index (χ2v) is 3.58. The Balaban J connectivity index is 2.67. The van der Waals surface area contributed by atoms with E-state index in [1.165, 1.54) is 4.90 Å². The van der Waals surface area contributed by atoms with E-state index in [0.29, 0.717) is 6.54 Å². The van der Waals surface area contributed by atoms with Gasteiger partial charge in [-0.05, 0) is 19.8 Å². The van der Waals surface area contributed by atoms with E-state index in [1.807, 2.05) is 6.92 Å². The molecule has 1 amide bonds. The minimum absolute atomic E-state index is 0.00948. The van der Waals surface area contributed by atoms with E-state index < -0.39 is 6.09 Å². The predicted molar refractivity (Wildman–Crippen MR) is 50.3 cm³/mol. The summed E-state index contributed by atoms with van der Waals surface area (Å²) in [5.41, 5.74) is 5.44. The van der Waals surface area contributed by atoms with Crippen LogP contribution >= 0.6 is 0 Å². The molecule has 0 spiro atoms. The molecule has 0 aromatic rings. The number of hydrogen-bond acceptors (Lipinski definition) is 3. The van der Waals surface area contributed by atoms with Gasteiger partial charge in [-0.25, -0.2) is 4.79 Å².